The molecule has 0 radical (unpaired) electrons. The number of imidazole rings is 1. The number of aromatic amines is 1. The van der Waals surface area contributed by atoms with Crippen molar-refractivity contribution in [1.82, 2.24) is 19.9 Å². The number of hydrogen-bond acceptors (Lipinski definition) is 3. The molecule has 1 fully saturated rings. The molecule has 5 nitrogen and oxygen atoms in total. The second-order valence-electron chi connectivity index (χ2n) is 6.40. The van der Waals surface area contributed by atoms with Gasteiger partial charge in [-0.3, -0.25) is 9.78 Å². The monoisotopic (exact) mass is 320 g/mol. The Morgan fingerprint density at radius 3 is 2.75 bits per heavy atom. The third kappa shape index (κ3) is 2.66. The number of aromatic nitrogens is 3. The molecule has 0 atom stereocenters. The lowest BCUT2D eigenvalue weighted by atomic mass is 9.95. The van der Waals surface area contributed by atoms with E-state index in [1.165, 1.54) is 0 Å². The molecule has 1 saturated heterocycles. The van der Waals surface area contributed by atoms with E-state index in [0.29, 0.717) is 11.5 Å². The van der Waals surface area contributed by atoms with Crippen LogP contribution in [0.5, 0.6) is 0 Å². The maximum atomic E-state index is 12.7. The molecule has 0 spiro atoms. The predicted octanol–water partition coefficient (Wildman–Crippen LogP) is 3.29. The molecule has 24 heavy (non-hydrogen) atoms. The second kappa shape index (κ2) is 6.07. The largest absolute Gasteiger partial charge is 0.342 e. The molecule has 0 unspecified atom stereocenters. The van der Waals surface area contributed by atoms with Gasteiger partial charge in [0.25, 0.3) is 5.91 Å². The maximum absolute atomic E-state index is 12.7. The molecule has 122 valence electrons. The summed E-state index contributed by atoms with van der Waals surface area (Å²) in [5.41, 5.74) is 3.78. The Balaban J connectivity index is 1.47. The third-order valence-corrected chi connectivity index (χ3v) is 4.85. The molecule has 2 aromatic heterocycles. The van der Waals surface area contributed by atoms with Crippen LogP contribution in [0.15, 0.2) is 42.7 Å². The van der Waals surface area contributed by atoms with E-state index < -0.39 is 0 Å². The standard InChI is InChI=1S/C19H20N4O/c1-13-6-9-20-12-15(13)19(24)23-10-7-14(8-11-23)18-21-16-4-2-3-5-17(16)22-18/h2-6,9,12,14H,7-8,10-11H2,1H3,(H,21,22). The molecule has 0 bridgehead atoms. The highest BCUT2D eigenvalue weighted by Crippen LogP contribution is 2.28. The first-order valence-corrected chi connectivity index (χ1v) is 8.37. The molecule has 1 N–H and O–H groups in total. The van der Waals surface area contributed by atoms with E-state index in [4.69, 9.17) is 4.98 Å². The molecule has 0 aliphatic carbocycles. The topological polar surface area (TPSA) is 61.9 Å². The number of H-pyrrole nitrogens is 1. The van der Waals surface area contributed by atoms with Crippen LogP contribution in [-0.4, -0.2) is 38.8 Å². The number of hydrogen-bond donors (Lipinski definition) is 1. The van der Waals surface area contributed by atoms with Gasteiger partial charge in [-0.2, -0.15) is 0 Å². The van der Waals surface area contributed by atoms with Crippen molar-refractivity contribution in [1.29, 1.82) is 0 Å². The Morgan fingerprint density at radius 1 is 1.21 bits per heavy atom. The van der Waals surface area contributed by atoms with Gasteiger partial charge in [0.15, 0.2) is 0 Å². The molecule has 3 heterocycles. The number of nitrogens with zero attached hydrogens (tertiary/aromatic N) is 3. The number of carbonyl (C=O) groups is 1. The van der Waals surface area contributed by atoms with Crippen molar-refractivity contribution < 1.29 is 4.79 Å². The van der Waals surface area contributed by atoms with Crippen LogP contribution < -0.4 is 0 Å². The van der Waals surface area contributed by atoms with E-state index in [-0.39, 0.29) is 5.91 Å². The van der Waals surface area contributed by atoms with Gasteiger partial charge in [-0.15, -0.1) is 0 Å². The number of piperidine rings is 1. The number of para-hydroxylation sites is 2. The summed E-state index contributed by atoms with van der Waals surface area (Å²) >= 11 is 0. The van der Waals surface area contributed by atoms with Crippen molar-refractivity contribution in [2.75, 3.05) is 13.1 Å². The Labute approximate surface area is 140 Å². The zero-order valence-corrected chi connectivity index (χ0v) is 13.7. The van der Waals surface area contributed by atoms with Crippen LogP contribution in [0, 0.1) is 6.92 Å². The van der Waals surface area contributed by atoms with E-state index in [1.54, 1.807) is 12.4 Å². The van der Waals surface area contributed by atoms with Crippen LogP contribution >= 0.6 is 0 Å². The van der Waals surface area contributed by atoms with Gasteiger partial charge < -0.3 is 9.88 Å². The molecule has 1 aliphatic heterocycles. The molecule has 3 aromatic rings. The van der Waals surface area contributed by atoms with E-state index in [2.05, 4.69) is 16.0 Å². The minimum absolute atomic E-state index is 0.0867. The fourth-order valence-electron chi connectivity index (χ4n) is 3.38. The molecule has 1 aromatic carbocycles. The summed E-state index contributed by atoms with van der Waals surface area (Å²) < 4.78 is 0. The number of aryl methyl sites for hydroxylation is 1. The van der Waals surface area contributed by atoms with Gasteiger partial charge in [0.1, 0.15) is 5.82 Å². The number of amides is 1. The number of benzene rings is 1. The Bertz CT molecular complexity index is 845. The van der Waals surface area contributed by atoms with E-state index in [0.717, 1.165) is 48.4 Å². The molecule has 1 aliphatic rings. The average Bonchev–Trinajstić information content (AvgIpc) is 3.06. The molecule has 4 rings (SSSR count). The van der Waals surface area contributed by atoms with Crippen LogP contribution in [0.2, 0.25) is 0 Å². The Kier molecular flexibility index (Phi) is 3.76. The lowest BCUT2D eigenvalue weighted by molar-refractivity contribution is 0.0710. The van der Waals surface area contributed by atoms with Gasteiger partial charge in [0.2, 0.25) is 0 Å². The van der Waals surface area contributed by atoms with Crippen LogP contribution in [0.25, 0.3) is 11.0 Å². The van der Waals surface area contributed by atoms with Crippen LogP contribution in [0.4, 0.5) is 0 Å². The van der Waals surface area contributed by atoms with Crippen molar-refractivity contribution in [3.8, 4) is 0 Å². The fraction of sp³-hybridized carbons (Fsp3) is 0.316. The zero-order chi connectivity index (χ0) is 16.5. The quantitative estimate of drug-likeness (QED) is 0.788. The van der Waals surface area contributed by atoms with Gasteiger partial charge in [-0.05, 0) is 43.5 Å². The van der Waals surface area contributed by atoms with Gasteiger partial charge >= 0.3 is 0 Å². The van der Waals surface area contributed by atoms with Crippen LogP contribution in [0.3, 0.4) is 0 Å². The normalized spacial score (nSPS) is 15.8. The minimum atomic E-state index is 0.0867. The summed E-state index contributed by atoms with van der Waals surface area (Å²) in [6.07, 6.45) is 5.26. The third-order valence-electron chi connectivity index (χ3n) is 4.85. The number of carbonyl (C=O) groups excluding carboxylic acids is 1. The van der Waals surface area contributed by atoms with Gasteiger partial charge in [-0.25, -0.2) is 4.98 Å². The summed E-state index contributed by atoms with van der Waals surface area (Å²) in [7, 11) is 0. The van der Waals surface area contributed by atoms with Gasteiger partial charge in [-0.1, -0.05) is 12.1 Å². The van der Waals surface area contributed by atoms with Crippen LogP contribution in [-0.2, 0) is 0 Å². The summed E-state index contributed by atoms with van der Waals surface area (Å²) in [4.78, 5) is 26.8. The number of rotatable bonds is 2. The molecular formula is C19H20N4O. The second-order valence-corrected chi connectivity index (χ2v) is 6.40. The lowest BCUT2D eigenvalue weighted by Gasteiger charge is -2.31. The van der Waals surface area contributed by atoms with Crippen molar-refractivity contribution in [2.45, 2.75) is 25.7 Å². The van der Waals surface area contributed by atoms with Crippen molar-refractivity contribution in [3.63, 3.8) is 0 Å². The molecule has 5 heteroatoms. The highest BCUT2D eigenvalue weighted by Gasteiger charge is 2.27. The summed E-state index contributed by atoms with van der Waals surface area (Å²) in [6, 6.07) is 9.98. The Hall–Kier alpha value is -2.69. The first kappa shape index (κ1) is 14.9. The number of pyridine rings is 1. The summed E-state index contributed by atoms with van der Waals surface area (Å²) in [6.45, 7) is 3.47. The molecule has 1 amide bonds. The van der Waals surface area contributed by atoms with E-state index >= 15 is 0 Å². The Morgan fingerprint density at radius 2 is 2.00 bits per heavy atom. The minimum Gasteiger partial charge on any atom is -0.342 e. The van der Waals surface area contributed by atoms with E-state index in [1.807, 2.05) is 36.1 Å². The highest BCUT2D eigenvalue weighted by atomic mass is 16.2. The predicted molar refractivity (Wildman–Crippen MR) is 92.9 cm³/mol. The average molecular weight is 320 g/mol. The van der Waals surface area contributed by atoms with Gasteiger partial charge in [0, 0.05) is 31.4 Å². The number of fused-ring (bicyclic) bond motifs is 1. The van der Waals surface area contributed by atoms with Crippen molar-refractivity contribution in [2.24, 2.45) is 0 Å². The number of likely N-dealkylation sites (tertiary alicyclic amines) is 1. The molecular weight excluding hydrogens is 300 g/mol. The maximum Gasteiger partial charge on any atom is 0.255 e. The van der Waals surface area contributed by atoms with Crippen molar-refractivity contribution >= 4 is 16.9 Å². The SMILES string of the molecule is Cc1ccncc1C(=O)N1CCC(c2nc3ccccc3[nH]2)CC1. The highest BCUT2D eigenvalue weighted by molar-refractivity contribution is 5.95. The fourth-order valence-corrected chi connectivity index (χ4v) is 3.38. The summed E-state index contributed by atoms with van der Waals surface area (Å²) in [5, 5.41) is 0. The van der Waals surface area contributed by atoms with Gasteiger partial charge in [0.05, 0.1) is 16.6 Å². The summed E-state index contributed by atoms with van der Waals surface area (Å²) in [5.74, 6) is 1.51. The first-order chi connectivity index (χ1) is 11.7. The number of nitrogens with one attached hydrogen (secondary N) is 1. The van der Waals surface area contributed by atoms with Crippen LogP contribution in [0.1, 0.15) is 40.5 Å². The first-order valence-electron chi connectivity index (χ1n) is 8.37. The zero-order valence-electron chi connectivity index (χ0n) is 13.7. The van der Waals surface area contributed by atoms with Crippen molar-refractivity contribution in [3.05, 3.63) is 59.7 Å². The smallest absolute Gasteiger partial charge is 0.255 e. The molecule has 0 saturated carbocycles. The lowest BCUT2D eigenvalue weighted by Crippen LogP contribution is -2.38. The van der Waals surface area contributed by atoms with E-state index in [9.17, 15) is 4.79 Å².